The van der Waals surface area contributed by atoms with Gasteiger partial charge >= 0.3 is 0 Å². The number of aryl methyl sites for hydroxylation is 3. The van der Waals surface area contributed by atoms with E-state index in [1.165, 1.54) is 5.56 Å². The minimum absolute atomic E-state index is 0.698. The Bertz CT molecular complexity index is 691. The quantitative estimate of drug-likeness (QED) is 0.884. The topological polar surface area (TPSA) is 55.2 Å². The number of anilines is 1. The van der Waals surface area contributed by atoms with E-state index in [2.05, 4.69) is 27.2 Å². The lowest BCUT2D eigenvalue weighted by molar-refractivity contribution is 0.406. The van der Waals surface area contributed by atoms with Crippen molar-refractivity contribution in [3.63, 3.8) is 0 Å². The summed E-state index contributed by atoms with van der Waals surface area (Å²) in [6.45, 7) is 7.56. The molecule has 0 aliphatic rings. The zero-order valence-corrected chi connectivity index (χ0v) is 15.2. The number of nitrogens with zero attached hydrogens (tertiary/aromatic N) is 4. The molecule has 0 unspecified atom stereocenters. The van der Waals surface area contributed by atoms with Gasteiger partial charge in [0.1, 0.15) is 11.6 Å². The summed E-state index contributed by atoms with van der Waals surface area (Å²) >= 11 is 0. The fraction of sp³-hybridized carbons (Fsp3) is 0.529. The number of rotatable bonds is 6. The number of aromatic nitrogens is 3. The van der Waals surface area contributed by atoms with Crippen molar-refractivity contribution in [1.29, 1.82) is 0 Å². The number of nitrogens with one attached hydrogen (secondary N) is 1. The molecule has 0 radical (unpaired) electrons. The standard InChI is InChI=1S/C17H27N5O/c1-11-8-19-15(12(2)16(11)23-7)10-18-9-14-13(3)20-22(6)17(14)21(4)5/h8,18H,9-10H2,1-7H3. The number of hydrogen-bond acceptors (Lipinski definition) is 5. The Morgan fingerprint density at radius 1 is 1.22 bits per heavy atom. The average molecular weight is 317 g/mol. The highest BCUT2D eigenvalue weighted by atomic mass is 16.5. The predicted molar refractivity (Wildman–Crippen MR) is 93.1 cm³/mol. The first-order valence-electron chi connectivity index (χ1n) is 7.76. The lowest BCUT2D eigenvalue weighted by Crippen LogP contribution is -2.19. The first-order valence-corrected chi connectivity index (χ1v) is 7.76. The molecule has 6 heteroatoms. The fourth-order valence-corrected chi connectivity index (χ4v) is 3.01. The van der Waals surface area contributed by atoms with Crippen LogP contribution in [0.1, 0.15) is 28.1 Å². The first-order chi connectivity index (χ1) is 10.9. The van der Waals surface area contributed by atoms with Crippen LogP contribution in [0.15, 0.2) is 6.20 Å². The molecule has 2 aromatic rings. The first kappa shape index (κ1) is 17.3. The fourth-order valence-electron chi connectivity index (χ4n) is 3.01. The molecule has 2 rings (SSSR count). The van der Waals surface area contributed by atoms with Gasteiger partial charge in [-0.15, -0.1) is 0 Å². The predicted octanol–water partition coefficient (Wildman–Crippen LogP) is 2.10. The van der Waals surface area contributed by atoms with Gasteiger partial charge < -0.3 is 15.0 Å². The summed E-state index contributed by atoms with van der Waals surface area (Å²) < 4.78 is 7.39. The smallest absolute Gasteiger partial charge is 0.130 e. The lowest BCUT2D eigenvalue weighted by Gasteiger charge is -2.16. The van der Waals surface area contributed by atoms with Gasteiger partial charge in [-0.1, -0.05) is 0 Å². The van der Waals surface area contributed by atoms with Crippen LogP contribution in [-0.2, 0) is 20.1 Å². The van der Waals surface area contributed by atoms with Crippen molar-refractivity contribution in [1.82, 2.24) is 20.1 Å². The highest BCUT2D eigenvalue weighted by Crippen LogP contribution is 2.24. The number of methoxy groups -OCH3 is 1. The third-order valence-corrected chi connectivity index (χ3v) is 4.08. The third kappa shape index (κ3) is 3.47. The van der Waals surface area contributed by atoms with Crippen LogP contribution in [0.25, 0.3) is 0 Å². The minimum Gasteiger partial charge on any atom is -0.496 e. The van der Waals surface area contributed by atoms with Crippen LogP contribution in [0.4, 0.5) is 5.82 Å². The van der Waals surface area contributed by atoms with Gasteiger partial charge in [0, 0.05) is 57.1 Å². The Morgan fingerprint density at radius 3 is 2.52 bits per heavy atom. The summed E-state index contributed by atoms with van der Waals surface area (Å²) in [5.41, 5.74) is 5.44. The Kier molecular flexibility index (Phi) is 5.26. The summed E-state index contributed by atoms with van der Waals surface area (Å²) in [4.78, 5) is 6.62. The second-order valence-corrected chi connectivity index (χ2v) is 6.06. The van der Waals surface area contributed by atoms with Crippen molar-refractivity contribution in [2.45, 2.75) is 33.9 Å². The van der Waals surface area contributed by atoms with Crippen molar-refractivity contribution >= 4 is 5.82 Å². The van der Waals surface area contributed by atoms with Crippen molar-refractivity contribution in [2.24, 2.45) is 7.05 Å². The van der Waals surface area contributed by atoms with E-state index >= 15 is 0 Å². The van der Waals surface area contributed by atoms with Gasteiger partial charge in [0.05, 0.1) is 18.5 Å². The van der Waals surface area contributed by atoms with Crippen molar-refractivity contribution in [3.05, 3.63) is 34.3 Å². The Morgan fingerprint density at radius 2 is 1.91 bits per heavy atom. The Balaban J connectivity index is 2.12. The maximum atomic E-state index is 5.47. The second kappa shape index (κ2) is 7.00. The molecular formula is C17H27N5O. The molecule has 0 saturated heterocycles. The van der Waals surface area contributed by atoms with Crippen LogP contribution >= 0.6 is 0 Å². The van der Waals surface area contributed by atoms with Crippen molar-refractivity contribution < 1.29 is 4.74 Å². The monoisotopic (exact) mass is 317 g/mol. The molecule has 2 aromatic heterocycles. The van der Waals surface area contributed by atoms with Gasteiger partial charge in [0.15, 0.2) is 0 Å². The zero-order valence-electron chi connectivity index (χ0n) is 15.2. The summed E-state index contributed by atoms with van der Waals surface area (Å²) in [7, 11) is 7.75. The normalized spacial score (nSPS) is 10.9. The van der Waals surface area contributed by atoms with Crippen molar-refractivity contribution in [2.75, 3.05) is 26.1 Å². The van der Waals surface area contributed by atoms with Crippen LogP contribution in [0, 0.1) is 20.8 Å². The molecule has 0 bridgehead atoms. The maximum absolute atomic E-state index is 5.47. The molecule has 0 spiro atoms. The highest BCUT2D eigenvalue weighted by Gasteiger charge is 2.15. The number of ether oxygens (including phenoxy) is 1. The van der Waals surface area contributed by atoms with E-state index in [1.54, 1.807) is 7.11 Å². The SMILES string of the molecule is COc1c(C)cnc(CNCc2c(C)nn(C)c2N(C)C)c1C. The molecule has 23 heavy (non-hydrogen) atoms. The molecule has 2 heterocycles. The van der Waals surface area contributed by atoms with Crippen molar-refractivity contribution in [3.8, 4) is 5.75 Å². The lowest BCUT2D eigenvalue weighted by atomic mass is 10.1. The van der Waals surface area contributed by atoms with Gasteiger partial charge in [-0.2, -0.15) is 5.10 Å². The Hall–Kier alpha value is -2.08. The van der Waals surface area contributed by atoms with Crippen LogP contribution < -0.4 is 15.0 Å². The van der Waals surface area contributed by atoms with Gasteiger partial charge in [-0.25, -0.2) is 0 Å². The maximum Gasteiger partial charge on any atom is 0.130 e. The van der Waals surface area contributed by atoms with E-state index in [9.17, 15) is 0 Å². The third-order valence-electron chi connectivity index (χ3n) is 4.08. The van der Waals surface area contributed by atoms with E-state index < -0.39 is 0 Å². The average Bonchev–Trinajstić information content (AvgIpc) is 2.76. The molecule has 0 aliphatic carbocycles. The summed E-state index contributed by atoms with van der Waals surface area (Å²) in [5.74, 6) is 2.05. The van der Waals surface area contributed by atoms with E-state index in [1.807, 2.05) is 45.9 Å². The molecule has 0 saturated carbocycles. The van der Waals surface area contributed by atoms with Gasteiger partial charge in [0.2, 0.25) is 0 Å². The molecule has 1 N–H and O–H groups in total. The van der Waals surface area contributed by atoms with Gasteiger partial charge in [0.25, 0.3) is 0 Å². The van der Waals surface area contributed by atoms with Gasteiger partial charge in [-0.3, -0.25) is 9.67 Å². The van der Waals surface area contributed by atoms with Crippen LogP contribution in [-0.4, -0.2) is 36.0 Å². The zero-order chi connectivity index (χ0) is 17.1. The van der Waals surface area contributed by atoms with E-state index in [0.29, 0.717) is 6.54 Å². The van der Waals surface area contributed by atoms with E-state index in [-0.39, 0.29) is 0 Å². The van der Waals surface area contributed by atoms with Crippen LogP contribution in [0.2, 0.25) is 0 Å². The summed E-state index contributed by atoms with van der Waals surface area (Å²) in [5, 5.41) is 7.99. The molecule has 0 aliphatic heterocycles. The molecule has 0 fully saturated rings. The molecule has 0 amide bonds. The molecule has 0 atom stereocenters. The number of hydrogen-bond donors (Lipinski definition) is 1. The second-order valence-electron chi connectivity index (χ2n) is 6.06. The van der Waals surface area contributed by atoms with Crippen LogP contribution in [0.3, 0.4) is 0 Å². The summed E-state index contributed by atoms with van der Waals surface area (Å²) in [6.07, 6.45) is 1.86. The molecule has 6 nitrogen and oxygen atoms in total. The molecule has 0 aromatic carbocycles. The number of pyridine rings is 1. The van der Waals surface area contributed by atoms with E-state index in [4.69, 9.17) is 4.74 Å². The summed E-state index contributed by atoms with van der Waals surface area (Å²) in [6, 6.07) is 0. The molecular weight excluding hydrogens is 290 g/mol. The largest absolute Gasteiger partial charge is 0.496 e. The highest BCUT2D eigenvalue weighted by molar-refractivity contribution is 5.49. The van der Waals surface area contributed by atoms with Crippen LogP contribution in [0.5, 0.6) is 5.75 Å². The van der Waals surface area contributed by atoms with Gasteiger partial charge in [-0.05, 0) is 20.8 Å². The van der Waals surface area contributed by atoms with E-state index in [0.717, 1.165) is 40.6 Å². The minimum atomic E-state index is 0.698. The molecule has 126 valence electrons. The Labute approximate surface area is 138 Å².